The fourth-order valence-corrected chi connectivity index (χ4v) is 4.32. The molecular formula is C24H27FN2O4S. The molecule has 0 saturated carbocycles. The van der Waals surface area contributed by atoms with Gasteiger partial charge in [-0.05, 0) is 42.3 Å². The first-order valence-electron chi connectivity index (χ1n) is 10.0. The molecule has 0 spiro atoms. The van der Waals surface area contributed by atoms with E-state index in [0.29, 0.717) is 23.8 Å². The minimum atomic E-state index is -0.341. The lowest BCUT2D eigenvalue weighted by molar-refractivity contribution is -0.122. The van der Waals surface area contributed by atoms with Crippen molar-refractivity contribution in [3.63, 3.8) is 0 Å². The number of nitrogens with one attached hydrogen (secondary N) is 1. The highest BCUT2D eigenvalue weighted by molar-refractivity contribution is 7.10. The maximum atomic E-state index is 13.4. The summed E-state index contributed by atoms with van der Waals surface area (Å²) in [6, 6.07) is 13.4. The van der Waals surface area contributed by atoms with Gasteiger partial charge in [0.25, 0.3) is 0 Å². The topological polar surface area (TPSA) is 60.0 Å². The molecule has 0 bridgehead atoms. The maximum absolute atomic E-state index is 13.4. The molecule has 1 atom stereocenters. The highest BCUT2D eigenvalue weighted by atomic mass is 32.1. The van der Waals surface area contributed by atoms with Crippen molar-refractivity contribution in [3.05, 3.63) is 75.7 Å². The number of carbonyl (C=O) groups is 1. The van der Waals surface area contributed by atoms with Crippen molar-refractivity contribution in [1.82, 2.24) is 10.2 Å². The zero-order valence-corrected chi connectivity index (χ0v) is 19.4. The molecule has 6 nitrogen and oxygen atoms in total. The third-order valence-corrected chi connectivity index (χ3v) is 5.91. The van der Waals surface area contributed by atoms with E-state index in [9.17, 15) is 9.18 Å². The van der Waals surface area contributed by atoms with Gasteiger partial charge in [0.2, 0.25) is 11.7 Å². The van der Waals surface area contributed by atoms with Crippen LogP contribution in [0.4, 0.5) is 4.39 Å². The molecule has 0 saturated heterocycles. The van der Waals surface area contributed by atoms with Crippen LogP contribution < -0.4 is 19.5 Å². The fraction of sp³-hybridized carbons (Fsp3) is 0.292. The molecule has 8 heteroatoms. The van der Waals surface area contributed by atoms with Crippen molar-refractivity contribution >= 4 is 17.2 Å². The molecular weight excluding hydrogens is 431 g/mol. The van der Waals surface area contributed by atoms with Gasteiger partial charge < -0.3 is 19.5 Å². The highest BCUT2D eigenvalue weighted by Gasteiger charge is 2.21. The van der Waals surface area contributed by atoms with Crippen LogP contribution >= 0.6 is 11.3 Å². The number of methoxy groups -OCH3 is 3. The number of nitrogens with zero attached hydrogens (tertiary/aromatic N) is 1. The number of benzene rings is 2. The van der Waals surface area contributed by atoms with Crippen LogP contribution in [0.2, 0.25) is 0 Å². The smallest absolute Gasteiger partial charge is 0.234 e. The predicted octanol–water partition coefficient (Wildman–Crippen LogP) is 4.25. The first-order chi connectivity index (χ1) is 15.5. The number of thiophene rings is 1. The Morgan fingerprint density at radius 1 is 1.03 bits per heavy atom. The molecule has 0 fully saturated rings. The van der Waals surface area contributed by atoms with Gasteiger partial charge >= 0.3 is 0 Å². The zero-order chi connectivity index (χ0) is 23.1. The minimum absolute atomic E-state index is 0.144. The van der Waals surface area contributed by atoms with Gasteiger partial charge in [-0.1, -0.05) is 24.3 Å². The van der Waals surface area contributed by atoms with E-state index in [4.69, 9.17) is 14.2 Å². The van der Waals surface area contributed by atoms with Gasteiger partial charge in [0.05, 0.1) is 33.9 Å². The van der Waals surface area contributed by atoms with E-state index in [0.717, 1.165) is 16.0 Å². The number of ether oxygens (including phenoxy) is 3. The number of likely N-dealkylation sites (N-methyl/N-ethyl adjacent to an activating group) is 1. The Labute approximate surface area is 191 Å². The van der Waals surface area contributed by atoms with Gasteiger partial charge in [-0.2, -0.15) is 0 Å². The normalized spacial score (nSPS) is 11.8. The van der Waals surface area contributed by atoms with E-state index >= 15 is 0 Å². The number of amides is 1. The molecule has 1 N–H and O–H groups in total. The van der Waals surface area contributed by atoms with Gasteiger partial charge in [-0.15, -0.1) is 11.3 Å². The SMILES string of the molecule is COc1ccc(CN(C)CC(=O)NC(c2ccc(F)cc2)c2cccs2)c(OC)c1OC. The van der Waals surface area contributed by atoms with Crippen molar-refractivity contribution < 1.29 is 23.4 Å². The monoisotopic (exact) mass is 458 g/mol. The van der Waals surface area contributed by atoms with E-state index in [2.05, 4.69) is 5.32 Å². The Balaban J connectivity index is 1.71. The fourth-order valence-electron chi connectivity index (χ4n) is 3.52. The largest absolute Gasteiger partial charge is 0.493 e. The highest BCUT2D eigenvalue weighted by Crippen LogP contribution is 2.40. The first kappa shape index (κ1) is 23.6. The quantitative estimate of drug-likeness (QED) is 0.492. The van der Waals surface area contributed by atoms with E-state index in [-0.39, 0.29) is 24.3 Å². The van der Waals surface area contributed by atoms with Crippen LogP contribution in [0.1, 0.15) is 22.0 Å². The Bertz CT molecular complexity index is 1030. The predicted molar refractivity (Wildman–Crippen MR) is 123 cm³/mol. The van der Waals surface area contributed by atoms with Crippen molar-refractivity contribution in [3.8, 4) is 17.2 Å². The first-order valence-corrected chi connectivity index (χ1v) is 10.9. The van der Waals surface area contributed by atoms with Crippen LogP contribution in [0.15, 0.2) is 53.9 Å². The molecule has 1 unspecified atom stereocenters. The van der Waals surface area contributed by atoms with E-state index in [1.165, 1.54) is 12.1 Å². The lowest BCUT2D eigenvalue weighted by atomic mass is 10.1. The van der Waals surface area contributed by atoms with Crippen LogP contribution in [0, 0.1) is 5.82 Å². The molecule has 3 rings (SSSR count). The van der Waals surface area contributed by atoms with Gasteiger partial charge in [-0.25, -0.2) is 4.39 Å². The van der Waals surface area contributed by atoms with E-state index in [1.54, 1.807) is 44.8 Å². The summed E-state index contributed by atoms with van der Waals surface area (Å²) < 4.78 is 29.7. The summed E-state index contributed by atoms with van der Waals surface area (Å²) in [7, 11) is 6.55. The minimum Gasteiger partial charge on any atom is -0.493 e. The Hall–Kier alpha value is -3.10. The molecule has 2 aromatic carbocycles. The average Bonchev–Trinajstić information content (AvgIpc) is 3.32. The molecule has 32 heavy (non-hydrogen) atoms. The molecule has 0 aliphatic heterocycles. The van der Waals surface area contributed by atoms with Crippen LogP contribution in [0.25, 0.3) is 0 Å². The van der Waals surface area contributed by atoms with Crippen LogP contribution in [0.5, 0.6) is 17.2 Å². The van der Waals surface area contributed by atoms with Crippen LogP contribution in [-0.2, 0) is 11.3 Å². The molecule has 3 aromatic rings. The standard InChI is InChI=1S/C24H27FN2O4S/c1-27(14-17-9-12-19(29-2)24(31-4)23(17)30-3)15-21(28)26-22(20-6-5-13-32-20)16-7-10-18(25)11-8-16/h5-13,22H,14-15H2,1-4H3,(H,26,28). The van der Waals surface area contributed by atoms with Gasteiger partial charge in [-0.3, -0.25) is 9.69 Å². The average molecular weight is 459 g/mol. The summed E-state index contributed by atoms with van der Waals surface area (Å²) in [6.45, 7) is 0.637. The second-order valence-electron chi connectivity index (χ2n) is 7.23. The molecule has 1 aromatic heterocycles. The third kappa shape index (κ3) is 5.57. The molecule has 0 radical (unpaired) electrons. The van der Waals surface area contributed by atoms with E-state index in [1.807, 2.05) is 41.6 Å². The summed E-state index contributed by atoms with van der Waals surface area (Å²) >= 11 is 1.54. The number of hydrogen-bond acceptors (Lipinski definition) is 6. The van der Waals surface area contributed by atoms with Crippen molar-refractivity contribution in [2.45, 2.75) is 12.6 Å². The molecule has 0 aliphatic carbocycles. The van der Waals surface area contributed by atoms with Crippen molar-refractivity contribution in [1.29, 1.82) is 0 Å². The Morgan fingerprint density at radius 2 is 1.75 bits per heavy atom. The number of halogens is 1. The van der Waals surface area contributed by atoms with Gasteiger partial charge in [0.1, 0.15) is 5.82 Å². The molecule has 170 valence electrons. The molecule has 1 amide bonds. The zero-order valence-electron chi connectivity index (χ0n) is 18.6. The Kier molecular flexibility index (Phi) is 8.08. The summed E-state index contributed by atoms with van der Waals surface area (Å²) in [5, 5.41) is 5.02. The Morgan fingerprint density at radius 3 is 2.34 bits per heavy atom. The van der Waals surface area contributed by atoms with Crippen LogP contribution in [-0.4, -0.2) is 45.7 Å². The maximum Gasteiger partial charge on any atom is 0.234 e. The summed E-state index contributed by atoms with van der Waals surface area (Å²) in [5.41, 5.74) is 1.69. The summed E-state index contributed by atoms with van der Waals surface area (Å²) in [4.78, 5) is 15.7. The van der Waals surface area contributed by atoms with Crippen molar-refractivity contribution in [2.75, 3.05) is 34.9 Å². The third-order valence-electron chi connectivity index (χ3n) is 4.98. The van der Waals surface area contributed by atoms with E-state index < -0.39 is 0 Å². The number of hydrogen-bond donors (Lipinski definition) is 1. The number of carbonyl (C=O) groups excluding carboxylic acids is 1. The molecule has 1 heterocycles. The van der Waals surface area contributed by atoms with Gasteiger partial charge in [0.15, 0.2) is 11.5 Å². The summed E-state index contributed by atoms with van der Waals surface area (Å²) in [5.74, 6) is 1.20. The number of rotatable bonds is 10. The second kappa shape index (κ2) is 11.0. The van der Waals surface area contributed by atoms with Crippen LogP contribution in [0.3, 0.4) is 0 Å². The lowest BCUT2D eigenvalue weighted by Crippen LogP contribution is -2.37. The second-order valence-corrected chi connectivity index (χ2v) is 8.21. The van der Waals surface area contributed by atoms with Crippen molar-refractivity contribution in [2.24, 2.45) is 0 Å². The van der Waals surface area contributed by atoms with Gasteiger partial charge in [0, 0.05) is 17.0 Å². The summed E-state index contributed by atoms with van der Waals surface area (Å²) in [6.07, 6.45) is 0. The molecule has 0 aliphatic rings. The lowest BCUT2D eigenvalue weighted by Gasteiger charge is -2.22.